The van der Waals surface area contributed by atoms with Gasteiger partial charge in [-0.1, -0.05) is 60.2 Å². The molecule has 176 valence electrons. The number of β-lactam (4-membered cyclic amide) rings is 1. The van der Waals surface area contributed by atoms with Crippen LogP contribution in [0.25, 0.3) is 0 Å². The first kappa shape index (κ1) is 23.7. The van der Waals surface area contributed by atoms with E-state index in [0.717, 1.165) is 34.4 Å². The number of nitrogens with one attached hydrogen (secondary N) is 1. The predicted octanol–water partition coefficient (Wildman–Crippen LogP) is 4.39. The third-order valence-corrected chi connectivity index (χ3v) is 6.22. The lowest BCUT2D eigenvalue weighted by atomic mass is 9.82. The highest BCUT2D eigenvalue weighted by Gasteiger charge is 2.55. The summed E-state index contributed by atoms with van der Waals surface area (Å²) < 4.78 is 5.52. The Morgan fingerprint density at radius 2 is 2.03 bits per heavy atom. The second-order valence-electron chi connectivity index (χ2n) is 8.40. The molecule has 2 aromatic rings. The van der Waals surface area contributed by atoms with E-state index in [-0.39, 0.29) is 19.1 Å². The van der Waals surface area contributed by atoms with Crippen LogP contribution in [0.1, 0.15) is 36.9 Å². The van der Waals surface area contributed by atoms with Crippen LogP contribution in [-0.2, 0) is 20.7 Å². The van der Waals surface area contributed by atoms with Gasteiger partial charge in [-0.3, -0.25) is 4.79 Å². The number of pyridine rings is 1. The van der Waals surface area contributed by atoms with Crippen molar-refractivity contribution in [1.82, 2.24) is 15.2 Å². The van der Waals surface area contributed by atoms with Crippen LogP contribution in [0.4, 0.5) is 4.79 Å². The summed E-state index contributed by atoms with van der Waals surface area (Å²) in [5.74, 6) is -1.75. The average molecular weight is 480 g/mol. The molecule has 0 saturated carbocycles. The lowest BCUT2D eigenvalue weighted by Gasteiger charge is -2.44. The molecule has 1 saturated heterocycles. The number of hydrogen-bond acceptors (Lipinski definition) is 5. The first-order valence-corrected chi connectivity index (χ1v) is 11.6. The van der Waals surface area contributed by atoms with Crippen LogP contribution in [0.15, 0.2) is 72.5 Å². The first-order chi connectivity index (χ1) is 16.4. The van der Waals surface area contributed by atoms with Gasteiger partial charge in [-0.25, -0.2) is 19.5 Å². The Morgan fingerprint density at radius 3 is 2.74 bits per heavy atom. The number of likely N-dealkylation sites (tertiary alicyclic amines) is 1. The van der Waals surface area contributed by atoms with Crippen LogP contribution in [0.3, 0.4) is 0 Å². The number of imide groups is 1. The Kier molecular flexibility index (Phi) is 7.43. The number of carbonyl (C=O) groups excluding carboxylic acids is 3. The van der Waals surface area contributed by atoms with E-state index in [1.165, 1.54) is 0 Å². The summed E-state index contributed by atoms with van der Waals surface area (Å²) in [6.07, 6.45) is 9.61. The summed E-state index contributed by atoms with van der Waals surface area (Å²) >= 11 is 5.98. The molecule has 8 heteroatoms. The number of ether oxygens (including phenoxy) is 1. The van der Waals surface area contributed by atoms with Crippen LogP contribution in [-0.4, -0.2) is 40.4 Å². The Morgan fingerprint density at radius 1 is 1.24 bits per heavy atom. The molecule has 1 aromatic carbocycles. The van der Waals surface area contributed by atoms with Crippen molar-refractivity contribution in [3.63, 3.8) is 0 Å². The van der Waals surface area contributed by atoms with Crippen molar-refractivity contribution >= 4 is 29.5 Å². The molecule has 3 amide bonds. The van der Waals surface area contributed by atoms with Crippen molar-refractivity contribution in [1.29, 1.82) is 0 Å². The summed E-state index contributed by atoms with van der Waals surface area (Å²) in [6, 6.07) is 10.8. The number of aromatic nitrogens is 1. The smallest absolute Gasteiger partial charge is 0.330 e. The molecule has 0 spiro atoms. The highest BCUT2D eigenvalue weighted by atomic mass is 35.5. The molecular weight excluding hydrogens is 454 g/mol. The van der Waals surface area contributed by atoms with E-state index < -0.39 is 29.9 Å². The summed E-state index contributed by atoms with van der Waals surface area (Å²) in [5.41, 5.74) is 2.55. The number of urea groups is 1. The lowest BCUT2D eigenvalue weighted by molar-refractivity contribution is -0.168. The number of rotatable bonds is 7. The SMILES string of the molecule is C[C@@H](NC(=O)N1C(=O)[C@H](Cc2ccnc(Cl)c2)[C@H]1C(=O)OCC1=CCCC=C1)c1ccccc1. The van der Waals surface area contributed by atoms with Crippen molar-refractivity contribution in [2.45, 2.75) is 38.3 Å². The molecule has 1 aliphatic carbocycles. The molecule has 0 unspecified atom stereocenters. The summed E-state index contributed by atoms with van der Waals surface area (Å²) in [6.45, 7) is 1.92. The summed E-state index contributed by atoms with van der Waals surface area (Å²) in [5, 5.41) is 3.11. The highest BCUT2D eigenvalue weighted by molar-refractivity contribution is 6.29. The molecule has 4 rings (SSSR count). The van der Waals surface area contributed by atoms with Gasteiger partial charge in [-0.05, 0) is 55.0 Å². The van der Waals surface area contributed by atoms with Crippen molar-refractivity contribution in [3.8, 4) is 0 Å². The molecular formula is C26H26ClN3O4. The molecule has 1 aliphatic heterocycles. The van der Waals surface area contributed by atoms with Crippen LogP contribution >= 0.6 is 11.6 Å². The minimum atomic E-state index is -1.02. The minimum absolute atomic E-state index is 0.101. The fourth-order valence-corrected chi connectivity index (χ4v) is 4.36. The number of esters is 1. The number of carbonyl (C=O) groups is 3. The second-order valence-corrected chi connectivity index (χ2v) is 8.79. The van der Waals surface area contributed by atoms with Gasteiger partial charge in [0.15, 0.2) is 6.04 Å². The zero-order valence-electron chi connectivity index (χ0n) is 18.8. The van der Waals surface area contributed by atoms with Gasteiger partial charge in [0.05, 0.1) is 12.0 Å². The van der Waals surface area contributed by atoms with Crippen LogP contribution in [0.5, 0.6) is 0 Å². The van der Waals surface area contributed by atoms with Gasteiger partial charge in [0.1, 0.15) is 11.8 Å². The maximum absolute atomic E-state index is 13.1. The topological polar surface area (TPSA) is 88.6 Å². The maximum atomic E-state index is 13.1. The molecule has 1 aromatic heterocycles. The number of benzene rings is 1. The average Bonchev–Trinajstić information content (AvgIpc) is 2.85. The standard InChI is InChI=1S/C26H26ClN3O4/c1-17(20-10-6-3-7-11-20)29-26(33)30-23(25(32)34-16-18-8-4-2-5-9-18)21(24(30)31)14-19-12-13-28-22(27)15-19/h3-4,6-13,15,17,21,23H,2,5,14,16H2,1H3,(H,29,33)/t17-,21-,23+/m1/s1. The Labute approximate surface area is 203 Å². The number of amides is 3. The molecule has 0 bridgehead atoms. The fourth-order valence-electron chi connectivity index (χ4n) is 4.16. The minimum Gasteiger partial charge on any atom is -0.459 e. The summed E-state index contributed by atoms with van der Waals surface area (Å²) in [4.78, 5) is 44.0. The van der Waals surface area contributed by atoms with Crippen LogP contribution in [0, 0.1) is 5.92 Å². The normalized spacial score (nSPS) is 20.2. The third kappa shape index (κ3) is 5.37. The van der Waals surface area contributed by atoms with Gasteiger partial charge >= 0.3 is 12.0 Å². The third-order valence-electron chi connectivity index (χ3n) is 6.01. The van der Waals surface area contributed by atoms with E-state index in [2.05, 4.69) is 10.3 Å². The molecule has 1 N–H and O–H groups in total. The van der Waals surface area contributed by atoms with Crippen LogP contribution < -0.4 is 5.32 Å². The van der Waals surface area contributed by atoms with Gasteiger partial charge in [-0.2, -0.15) is 0 Å². The van der Waals surface area contributed by atoms with Crippen molar-refractivity contribution in [2.75, 3.05) is 6.61 Å². The fraction of sp³-hybridized carbons (Fsp3) is 0.308. The van der Waals surface area contributed by atoms with E-state index >= 15 is 0 Å². The number of halogens is 1. The number of allylic oxidation sites excluding steroid dienone is 2. The first-order valence-electron chi connectivity index (χ1n) is 11.2. The quantitative estimate of drug-likeness (QED) is 0.361. The lowest BCUT2D eigenvalue weighted by Crippen LogP contribution is -2.69. The Hall–Kier alpha value is -3.45. The van der Waals surface area contributed by atoms with Gasteiger partial charge < -0.3 is 10.1 Å². The van der Waals surface area contributed by atoms with Gasteiger partial charge in [-0.15, -0.1) is 0 Å². The molecule has 3 atom stereocenters. The van der Waals surface area contributed by atoms with E-state index in [1.54, 1.807) is 18.3 Å². The van der Waals surface area contributed by atoms with E-state index in [1.807, 2.05) is 55.5 Å². The molecule has 1 fully saturated rings. The van der Waals surface area contributed by atoms with Gasteiger partial charge in [0, 0.05) is 6.20 Å². The molecule has 0 radical (unpaired) electrons. The van der Waals surface area contributed by atoms with E-state index in [4.69, 9.17) is 16.3 Å². The van der Waals surface area contributed by atoms with Crippen molar-refractivity contribution in [3.05, 3.63) is 88.7 Å². The zero-order chi connectivity index (χ0) is 24.1. The predicted molar refractivity (Wildman–Crippen MR) is 128 cm³/mol. The van der Waals surface area contributed by atoms with Crippen LogP contribution in [0.2, 0.25) is 5.15 Å². The van der Waals surface area contributed by atoms with E-state index in [0.29, 0.717) is 5.15 Å². The Bertz CT molecular complexity index is 1130. The molecule has 7 nitrogen and oxygen atoms in total. The summed E-state index contributed by atoms with van der Waals surface area (Å²) in [7, 11) is 0. The molecule has 2 heterocycles. The van der Waals surface area contributed by atoms with Gasteiger partial charge in [0.2, 0.25) is 5.91 Å². The molecule has 2 aliphatic rings. The highest BCUT2D eigenvalue weighted by Crippen LogP contribution is 2.32. The number of nitrogens with zero attached hydrogens (tertiary/aromatic N) is 2. The molecule has 34 heavy (non-hydrogen) atoms. The monoisotopic (exact) mass is 479 g/mol. The zero-order valence-corrected chi connectivity index (χ0v) is 19.6. The van der Waals surface area contributed by atoms with Gasteiger partial charge in [0.25, 0.3) is 0 Å². The Balaban J connectivity index is 1.49. The second kappa shape index (κ2) is 10.7. The number of hydrogen-bond donors (Lipinski definition) is 1. The van der Waals surface area contributed by atoms with Crippen molar-refractivity contribution in [2.24, 2.45) is 5.92 Å². The maximum Gasteiger partial charge on any atom is 0.330 e. The van der Waals surface area contributed by atoms with Crippen molar-refractivity contribution < 1.29 is 19.1 Å². The largest absolute Gasteiger partial charge is 0.459 e. The van der Waals surface area contributed by atoms with E-state index in [9.17, 15) is 14.4 Å².